The van der Waals surface area contributed by atoms with Crippen molar-refractivity contribution in [3.63, 3.8) is 0 Å². The van der Waals surface area contributed by atoms with Crippen LogP contribution in [0.15, 0.2) is 18.3 Å². The van der Waals surface area contributed by atoms with E-state index in [1.165, 1.54) is 0 Å². The molecule has 0 spiro atoms. The second-order valence-corrected chi connectivity index (χ2v) is 3.70. The molecule has 0 aliphatic carbocycles. The van der Waals surface area contributed by atoms with Crippen molar-refractivity contribution in [2.75, 3.05) is 0 Å². The molecule has 1 aromatic heterocycles. The van der Waals surface area contributed by atoms with Gasteiger partial charge in [-0.3, -0.25) is 9.78 Å². The first-order valence-electron chi connectivity index (χ1n) is 5.65. The first-order valence-corrected chi connectivity index (χ1v) is 5.65. The van der Waals surface area contributed by atoms with E-state index >= 15 is 0 Å². The van der Waals surface area contributed by atoms with Crippen molar-refractivity contribution in [2.45, 2.75) is 39.3 Å². The number of pyridine rings is 1. The molecular weight excluding hydrogens is 202 g/mol. The molecule has 0 radical (unpaired) electrons. The summed E-state index contributed by atoms with van der Waals surface area (Å²) >= 11 is 0. The predicted molar refractivity (Wildman–Crippen MR) is 63.7 cm³/mol. The van der Waals surface area contributed by atoms with Gasteiger partial charge in [0.25, 0.3) is 0 Å². The van der Waals surface area contributed by atoms with E-state index in [0.29, 0.717) is 13.0 Å². The Morgan fingerprint density at radius 1 is 1.56 bits per heavy atom. The highest BCUT2D eigenvalue weighted by Crippen LogP contribution is 2.05. The van der Waals surface area contributed by atoms with Gasteiger partial charge in [-0.2, -0.15) is 0 Å². The molecule has 1 aromatic rings. The maximum atomic E-state index is 11.5. The Hall–Kier alpha value is -1.42. The largest absolute Gasteiger partial charge is 0.349 e. The molecule has 16 heavy (non-hydrogen) atoms. The maximum Gasteiger partial charge on any atom is 0.237 e. The van der Waals surface area contributed by atoms with Crippen molar-refractivity contribution >= 4 is 5.91 Å². The summed E-state index contributed by atoms with van der Waals surface area (Å²) in [6.07, 6.45) is 3.30. The van der Waals surface area contributed by atoms with Gasteiger partial charge in [0.15, 0.2) is 0 Å². The molecule has 0 aromatic carbocycles. The van der Waals surface area contributed by atoms with Crippen LogP contribution in [0.25, 0.3) is 0 Å². The Bertz CT molecular complexity index is 352. The fourth-order valence-corrected chi connectivity index (χ4v) is 1.44. The number of carbonyl (C=O) groups is 1. The minimum absolute atomic E-state index is 0.116. The van der Waals surface area contributed by atoms with Crippen LogP contribution in [0, 0.1) is 0 Å². The first kappa shape index (κ1) is 12.6. The Morgan fingerprint density at radius 2 is 2.31 bits per heavy atom. The van der Waals surface area contributed by atoms with Crippen LogP contribution in [-0.2, 0) is 17.8 Å². The second-order valence-electron chi connectivity index (χ2n) is 3.70. The molecular formula is C12H19N3O. The van der Waals surface area contributed by atoms with E-state index in [4.69, 9.17) is 5.73 Å². The van der Waals surface area contributed by atoms with Gasteiger partial charge < -0.3 is 11.1 Å². The van der Waals surface area contributed by atoms with Crippen LogP contribution in [0.3, 0.4) is 0 Å². The molecule has 1 amide bonds. The highest BCUT2D eigenvalue weighted by Gasteiger charge is 2.11. The molecule has 0 fully saturated rings. The van der Waals surface area contributed by atoms with Crippen LogP contribution >= 0.6 is 0 Å². The van der Waals surface area contributed by atoms with Gasteiger partial charge in [0.1, 0.15) is 0 Å². The molecule has 4 heteroatoms. The molecule has 1 atom stereocenters. The predicted octanol–water partition coefficient (Wildman–Crippen LogP) is 0.997. The van der Waals surface area contributed by atoms with Crippen LogP contribution in [-0.4, -0.2) is 16.9 Å². The molecule has 4 nitrogen and oxygen atoms in total. The Morgan fingerprint density at radius 3 is 2.94 bits per heavy atom. The average Bonchev–Trinajstić information content (AvgIpc) is 2.35. The lowest BCUT2D eigenvalue weighted by molar-refractivity contribution is -0.122. The number of amides is 1. The fourth-order valence-electron chi connectivity index (χ4n) is 1.44. The van der Waals surface area contributed by atoms with E-state index in [9.17, 15) is 4.79 Å². The maximum absolute atomic E-state index is 11.5. The number of aromatic nitrogens is 1. The summed E-state index contributed by atoms with van der Waals surface area (Å²) in [6, 6.07) is 3.50. The van der Waals surface area contributed by atoms with Gasteiger partial charge in [-0.05, 0) is 24.5 Å². The summed E-state index contributed by atoms with van der Waals surface area (Å²) in [5, 5.41) is 2.80. The van der Waals surface area contributed by atoms with E-state index in [1.54, 1.807) is 6.20 Å². The third-order valence-corrected chi connectivity index (χ3v) is 2.57. The number of nitrogens with zero attached hydrogens (tertiary/aromatic N) is 1. The monoisotopic (exact) mass is 221 g/mol. The Balaban J connectivity index is 2.57. The summed E-state index contributed by atoms with van der Waals surface area (Å²) in [6.45, 7) is 4.42. The lowest BCUT2D eigenvalue weighted by atomic mass is 10.1. The number of carbonyl (C=O) groups excluding carboxylic acids is 1. The van der Waals surface area contributed by atoms with Crippen LogP contribution in [0.4, 0.5) is 0 Å². The molecule has 0 saturated heterocycles. The molecule has 88 valence electrons. The van der Waals surface area contributed by atoms with E-state index < -0.39 is 6.04 Å². The van der Waals surface area contributed by atoms with Crippen LogP contribution < -0.4 is 11.1 Å². The molecule has 0 unspecified atom stereocenters. The van der Waals surface area contributed by atoms with E-state index in [0.717, 1.165) is 17.7 Å². The second kappa shape index (κ2) is 6.23. The third-order valence-electron chi connectivity index (χ3n) is 2.57. The van der Waals surface area contributed by atoms with Crippen molar-refractivity contribution in [1.82, 2.24) is 10.3 Å². The fraction of sp³-hybridized carbons (Fsp3) is 0.500. The van der Waals surface area contributed by atoms with Gasteiger partial charge in [-0.25, -0.2) is 0 Å². The summed E-state index contributed by atoms with van der Waals surface area (Å²) in [4.78, 5) is 15.7. The van der Waals surface area contributed by atoms with E-state index in [1.807, 2.05) is 19.1 Å². The Kier molecular flexibility index (Phi) is 4.92. The van der Waals surface area contributed by atoms with Crippen LogP contribution in [0.2, 0.25) is 0 Å². The minimum atomic E-state index is -0.422. The molecule has 3 N–H and O–H groups in total. The van der Waals surface area contributed by atoms with Crippen molar-refractivity contribution < 1.29 is 4.79 Å². The summed E-state index contributed by atoms with van der Waals surface area (Å²) < 4.78 is 0. The van der Waals surface area contributed by atoms with Gasteiger partial charge in [0, 0.05) is 6.20 Å². The average molecular weight is 221 g/mol. The topological polar surface area (TPSA) is 68.0 Å². The van der Waals surface area contributed by atoms with Crippen molar-refractivity contribution in [1.29, 1.82) is 0 Å². The quantitative estimate of drug-likeness (QED) is 0.779. The zero-order valence-corrected chi connectivity index (χ0v) is 9.86. The van der Waals surface area contributed by atoms with Crippen LogP contribution in [0.1, 0.15) is 31.5 Å². The standard InChI is InChI=1S/C12H19N3O/c1-3-9-6-5-7-14-11(9)8-15-12(16)10(13)4-2/h5-7,10H,3-4,8,13H2,1-2H3,(H,15,16)/t10-/m1/s1. The third kappa shape index (κ3) is 3.31. The number of hydrogen-bond donors (Lipinski definition) is 2. The molecule has 0 saturated carbocycles. The minimum Gasteiger partial charge on any atom is -0.349 e. The normalized spacial score (nSPS) is 12.2. The lowest BCUT2D eigenvalue weighted by Gasteiger charge is -2.11. The summed E-state index contributed by atoms with van der Waals surface area (Å²) in [5.41, 5.74) is 7.70. The number of rotatable bonds is 5. The van der Waals surface area contributed by atoms with E-state index in [-0.39, 0.29) is 5.91 Å². The van der Waals surface area contributed by atoms with Gasteiger partial charge in [0.05, 0.1) is 18.3 Å². The van der Waals surface area contributed by atoms with Crippen molar-refractivity contribution in [2.24, 2.45) is 5.73 Å². The van der Waals surface area contributed by atoms with Crippen molar-refractivity contribution in [3.05, 3.63) is 29.6 Å². The van der Waals surface area contributed by atoms with Gasteiger partial charge in [-0.1, -0.05) is 19.9 Å². The summed E-state index contributed by atoms with van der Waals surface area (Å²) in [5.74, 6) is -0.116. The molecule has 1 heterocycles. The lowest BCUT2D eigenvalue weighted by Crippen LogP contribution is -2.39. The SMILES string of the molecule is CCc1cccnc1CNC(=O)[C@H](N)CC. The summed E-state index contributed by atoms with van der Waals surface area (Å²) in [7, 11) is 0. The number of nitrogens with one attached hydrogen (secondary N) is 1. The Labute approximate surface area is 96.3 Å². The molecule has 0 aliphatic rings. The first-order chi connectivity index (χ1) is 7.69. The van der Waals surface area contributed by atoms with Crippen molar-refractivity contribution in [3.8, 4) is 0 Å². The zero-order valence-electron chi connectivity index (χ0n) is 9.86. The number of hydrogen-bond acceptors (Lipinski definition) is 3. The number of nitrogens with two attached hydrogens (primary N) is 1. The van der Waals surface area contributed by atoms with Gasteiger partial charge in [0.2, 0.25) is 5.91 Å². The van der Waals surface area contributed by atoms with Crippen LogP contribution in [0.5, 0.6) is 0 Å². The highest BCUT2D eigenvalue weighted by atomic mass is 16.2. The smallest absolute Gasteiger partial charge is 0.237 e. The molecule has 0 aliphatic heterocycles. The molecule has 0 bridgehead atoms. The molecule has 1 rings (SSSR count). The zero-order chi connectivity index (χ0) is 12.0. The van der Waals surface area contributed by atoms with E-state index in [2.05, 4.69) is 17.2 Å². The van der Waals surface area contributed by atoms with Gasteiger partial charge in [-0.15, -0.1) is 0 Å². The number of aryl methyl sites for hydroxylation is 1. The highest BCUT2D eigenvalue weighted by molar-refractivity contribution is 5.81. The van der Waals surface area contributed by atoms with Gasteiger partial charge >= 0.3 is 0 Å².